The van der Waals surface area contributed by atoms with Crippen LogP contribution >= 0.6 is 24.4 Å². The summed E-state index contributed by atoms with van der Waals surface area (Å²) < 4.78 is 21.3. The standard InChI is InChI=1S/C22H17NO3S.C9H14N2O2S/c1-25-17-10-12-19(13-11-17)27-22-5-3-2-4-20(22)21(15-24)26-18-8-6-16(14-23)7-9-18;1-12-7-3-6(11-5-10)9(14)4-8(7)13-2/h2-13,15,21H,1H3;3-4,11,14H,5,10H2,1-2H3. The van der Waals surface area contributed by atoms with Gasteiger partial charge in [0.1, 0.15) is 11.5 Å². The van der Waals surface area contributed by atoms with E-state index in [1.165, 1.54) is 0 Å². The Morgan fingerprint density at radius 1 is 0.927 bits per heavy atom. The maximum atomic E-state index is 11.7. The number of methoxy groups -OCH3 is 3. The van der Waals surface area contributed by atoms with Crippen LogP contribution in [0, 0.1) is 11.3 Å². The van der Waals surface area contributed by atoms with Crippen molar-refractivity contribution >= 4 is 36.4 Å². The van der Waals surface area contributed by atoms with Crippen molar-refractivity contribution in [3.8, 4) is 29.1 Å². The Morgan fingerprint density at radius 3 is 2.15 bits per heavy atom. The molecule has 1 unspecified atom stereocenters. The summed E-state index contributed by atoms with van der Waals surface area (Å²) in [4.78, 5) is 14.5. The number of carbonyl (C=O) groups is 1. The monoisotopic (exact) mass is 589 g/mol. The van der Waals surface area contributed by atoms with Gasteiger partial charge in [-0.25, -0.2) is 0 Å². The molecule has 3 N–H and O–H groups in total. The van der Waals surface area contributed by atoms with E-state index in [2.05, 4.69) is 24.0 Å². The van der Waals surface area contributed by atoms with Gasteiger partial charge in [-0.3, -0.25) is 4.79 Å². The third kappa shape index (κ3) is 8.85. The van der Waals surface area contributed by atoms with Gasteiger partial charge in [0.25, 0.3) is 0 Å². The van der Waals surface area contributed by atoms with Crippen LogP contribution in [0.15, 0.2) is 99.6 Å². The maximum Gasteiger partial charge on any atom is 0.180 e. The van der Waals surface area contributed by atoms with Crippen molar-refractivity contribution in [2.24, 2.45) is 5.73 Å². The molecule has 212 valence electrons. The summed E-state index contributed by atoms with van der Waals surface area (Å²) in [7, 11) is 4.80. The van der Waals surface area contributed by atoms with Gasteiger partial charge in [-0.15, -0.1) is 12.6 Å². The molecule has 8 nitrogen and oxygen atoms in total. The number of nitriles is 1. The molecule has 0 saturated carbocycles. The van der Waals surface area contributed by atoms with Gasteiger partial charge in [0, 0.05) is 26.3 Å². The van der Waals surface area contributed by atoms with Crippen LogP contribution in [-0.2, 0) is 4.79 Å². The molecule has 4 rings (SSSR count). The third-order valence-electron chi connectivity index (χ3n) is 5.68. The van der Waals surface area contributed by atoms with Crippen LogP contribution in [0.4, 0.5) is 5.69 Å². The highest BCUT2D eigenvalue weighted by molar-refractivity contribution is 7.99. The van der Waals surface area contributed by atoms with Crippen molar-refractivity contribution in [2.45, 2.75) is 20.8 Å². The van der Waals surface area contributed by atoms with Crippen molar-refractivity contribution in [1.29, 1.82) is 5.26 Å². The Kier molecular flexibility index (Phi) is 12.3. The van der Waals surface area contributed by atoms with Crippen molar-refractivity contribution in [3.63, 3.8) is 0 Å². The quantitative estimate of drug-likeness (QED) is 0.104. The van der Waals surface area contributed by atoms with Crippen LogP contribution in [-0.4, -0.2) is 34.3 Å². The lowest BCUT2D eigenvalue weighted by atomic mass is 10.1. The number of ether oxygens (including phenoxy) is 4. The van der Waals surface area contributed by atoms with E-state index in [4.69, 9.17) is 29.9 Å². The van der Waals surface area contributed by atoms with Gasteiger partial charge in [-0.05, 0) is 60.7 Å². The van der Waals surface area contributed by atoms with Gasteiger partial charge in [0.2, 0.25) is 0 Å². The lowest BCUT2D eigenvalue weighted by molar-refractivity contribution is -0.114. The smallest absolute Gasteiger partial charge is 0.180 e. The molecule has 0 bridgehead atoms. The van der Waals surface area contributed by atoms with Gasteiger partial charge >= 0.3 is 0 Å². The lowest BCUT2D eigenvalue weighted by Gasteiger charge is -2.17. The summed E-state index contributed by atoms with van der Waals surface area (Å²) in [6, 6.07) is 27.7. The molecule has 0 radical (unpaired) electrons. The van der Waals surface area contributed by atoms with Crippen LogP contribution in [0.25, 0.3) is 0 Å². The van der Waals surface area contributed by atoms with Crippen LogP contribution in [0.1, 0.15) is 17.2 Å². The van der Waals surface area contributed by atoms with Crippen molar-refractivity contribution in [2.75, 3.05) is 33.3 Å². The molecule has 0 amide bonds. The molecule has 0 saturated heterocycles. The summed E-state index contributed by atoms with van der Waals surface area (Å²) in [5.74, 6) is 2.64. The molecule has 41 heavy (non-hydrogen) atoms. The Hall–Kier alpha value is -4.30. The van der Waals surface area contributed by atoms with Crippen LogP contribution in [0.2, 0.25) is 0 Å². The molecule has 0 aliphatic rings. The van der Waals surface area contributed by atoms with E-state index in [0.29, 0.717) is 29.5 Å². The fraction of sp³-hybridized carbons (Fsp3) is 0.161. The van der Waals surface area contributed by atoms with Gasteiger partial charge in [-0.2, -0.15) is 5.26 Å². The minimum absolute atomic E-state index is 0.350. The Morgan fingerprint density at radius 2 is 1.56 bits per heavy atom. The zero-order chi connectivity index (χ0) is 29.6. The molecule has 0 aliphatic carbocycles. The van der Waals surface area contributed by atoms with Crippen molar-refractivity contribution < 1.29 is 23.7 Å². The lowest BCUT2D eigenvalue weighted by Crippen LogP contribution is -2.11. The molecule has 0 aliphatic heterocycles. The van der Waals surface area contributed by atoms with E-state index in [1.54, 1.807) is 69.5 Å². The molecular weight excluding hydrogens is 558 g/mol. The van der Waals surface area contributed by atoms with Crippen LogP contribution in [0.5, 0.6) is 23.0 Å². The highest BCUT2D eigenvalue weighted by atomic mass is 32.2. The summed E-state index contributed by atoms with van der Waals surface area (Å²) >= 11 is 5.84. The van der Waals surface area contributed by atoms with E-state index < -0.39 is 6.10 Å². The SMILES string of the molecule is COc1cc(S)c(NCN)cc1OC.COc1ccc(Sc2ccccc2C(C=O)Oc2ccc(C#N)cc2)cc1. The molecule has 4 aromatic rings. The van der Waals surface area contributed by atoms with Crippen LogP contribution in [0.3, 0.4) is 0 Å². The molecule has 0 aromatic heterocycles. The maximum absolute atomic E-state index is 11.7. The largest absolute Gasteiger partial charge is 0.497 e. The average molecular weight is 590 g/mol. The third-order valence-corrected chi connectivity index (χ3v) is 7.15. The number of hydrogen-bond donors (Lipinski definition) is 3. The van der Waals surface area contributed by atoms with E-state index in [1.807, 2.05) is 48.5 Å². The first kappa shape index (κ1) is 31.2. The molecular formula is C31H31N3O5S2. The first-order valence-corrected chi connectivity index (χ1v) is 13.6. The predicted molar refractivity (Wildman–Crippen MR) is 164 cm³/mol. The van der Waals surface area contributed by atoms with E-state index >= 15 is 0 Å². The van der Waals surface area contributed by atoms with E-state index in [-0.39, 0.29) is 0 Å². The topological polar surface area (TPSA) is 116 Å². The van der Waals surface area contributed by atoms with E-state index in [9.17, 15) is 4.79 Å². The second-order valence-electron chi connectivity index (χ2n) is 8.23. The molecule has 10 heteroatoms. The number of rotatable bonds is 11. The zero-order valence-corrected chi connectivity index (χ0v) is 24.6. The summed E-state index contributed by atoms with van der Waals surface area (Å²) in [5.41, 5.74) is 7.53. The number of anilines is 1. The van der Waals surface area contributed by atoms with Gasteiger partial charge < -0.3 is 30.0 Å². The first-order valence-electron chi connectivity index (χ1n) is 12.4. The Labute approximate surface area is 249 Å². The average Bonchev–Trinajstić information content (AvgIpc) is 3.02. The summed E-state index contributed by atoms with van der Waals surface area (Å²) in [6.07, 6.45) is 0.0471. The molecule has 0 heterocycles. The second-order valence-corrected chi connectivity index (χ2v) is 9.83. The zero-order valence-electron chi connectivity index (χ0n) is 22.9. The minimum atomic E-state index is -0.736. The summed E-state index contributed by atoms with van der Waals surface area (Å²) in [6.45, 7) is 0.350. The molecule has 1 atom stereocenters. The Bertz CT molecular complexity index is 1460. The van der Waals surface area contributed by atoms with Gasteiger partial charge in [0.05, 0.1) is 45.3 Å². The Balaban J connectivity index is 0.000000278. The number of benzene rings is 4. The number of thiol groups is 1. The minimum Gasteiger partial charge on any atom is -0.497 e. The number of aldehydes is 1. The van der Waals surface area contributed by atoms with Crippen molar-refractivity contribution in [1.82, 2.24) is 0 Å². The van der Waals surface area contributed by atoms with Crippen LogP contribution < -0.4 is 30.0 Å². The second kappa shape index (κ2) is 16.1. The first-order chi connectivity index (χ1) is 20.0. The number of carbonyl (C=O) groups excluding carboxylic acids is 1. The summed E-state index contributed by atoms with van der Waals surface area (Å²) in [5, 5.41) is 11.9. The van der Waals surface area contributed by atoms with Crippen molar-refractivity contribution in [3.05, 3.63) is 96.1 Å². The normalized spacial score (nSPS) is 10.7. The highest BCUT2D eigenvalue weighted by Gasteiger charge is 2.17. The fourth-order valence-corrected chi connectivity index (χ4v) is 4.85. The number of hydrogen-bond acceptors (Lipinski definition) is 10. The number of nitrogens with zero attached hydrogens (tertiary/aromatic N) is 1. The highest BCUT2D eigenvalue weighted by Crippen LogP contribution is 2.36. The number of nitrogens with two attached hydrogens (primary N) is 1. The van der Waals surface area contributed by atoms with Gasteiger partial charge in [-0.1, -0.05) is 30.0 Å². The molecule has 4 aromatic carbocycles. The molecule has 0 spiro atoms. The predicted octanol–water partition coefficient (Wildman–Crippen LogP) is 6.36. The number of nitrogens with one attached hydrogen (secondary N) is 1. The molecule has 0 fully saturated rings. The fourth-order valence-electron chi connectivity index (χ4n) is 3.62. The van der Waals surface area contributed by atoms with E-state index in [0.717, 1.165) is 38.0 Å². The van der Waals surface area contributed by atoms with Gasteiger partial charge in [0.15, 0.2) is 23.9 Å².